The standard InChI is InChI=1S/C30H17P/c1-2-12-20(13-3-1)31-29-23-16-6-10-18-8-4-14-21(25(18)23)27(29)28-22-15-5-9-19-11-7-17-24(26(19)22)30(28)31/h1-17H. The van der Waals surface area contributed by atoms with Crippen molar-refractivity contribution in [2.24, 2.45) is 0 Å². The Bertz CT molecular complexity index is 1790. The summed E-state index contributed by atoms with van der Waals surface area (Å²) in [5, 5.41) is 18.8. The molecule has 7 aromatic carbocycles. The molecule has 0 unspecified atom stereocenters. The third kappa shape index (κ3) is 1.84. The lowest BCUT2D eigenvalue weighted by molar-refractivity contribution is 1.76. The summed E-state index contributed by atoms with van der Waals surface area (Å²) in [5.74, 6) is 0. The lowest BCUT2D eigenvalue weighted by Crippen LogP contribution is -1.71. The van der Waals surface area contributed by atoms with Crippen LogP contribution in [0.4, 0.5) is 0 Å². The van der Waals surface area contributed by atoms with Gasteiger partial charge in [-0.1, -0.05) is 111 Å². The van der Waals surface area contributed by atoms with E-state index in [4.69, 9.17) is 0 Å². The van der Waals surface area contributed by atoms with Crippen molar-refractivity contribution in [2.75, 3.05) is 0 Å². The minimum absolute atomic E-state index is 0.606. The van der Waals surface area contributed by atoms with Gasteiger partial charge in [-0.2, -0.15) is 0 Å². The fourth-order valence-electron chi connectivity index (χ4n) is 5.94. The Balaban J connectivity index is 1.81. The van der Waals surface area contributed by atoms with Gasteiger partial charge in [0.2, 0.25) is 0 Å². The van der Waals surface area contributed by atoms with E-state index in [0.29, 0.717) is 0 Å². The lowest BCUT2D eigenvalue weighted by atomic mass is 10.1. The molecule has 8 rings (SSSR count). The second-order valence-electron chi connectivity index (χ2n) is 8.54. The minimum Gasteiger partial charge on any atom is -0.0759 e. The Morgan fingerprint density at radius 2 is 0.806 bits per heavy atom. The van der Waals surface area contributed by atoms with Crippen molar-refractivity contribution in [1.82, 2.24) is 0 Å². The summed E-state index contributed by atoms with van der Waals surface area (Å²) in [6.07, 6.45) is 0. The van der Waals surface area contributed by atoms with Gasteiger partial charge in [-0.25, -0.2) is 0 Å². The summed E-state index contributed by atoms with van der Waals surface area (Å²) in [6.45, 7) is 0. The summed E-state index contributed by atoms with van der Waals surface area (Å²) in [5.41, 5.74) is 0. The largest absolute Gasteiger partial charge is 0.0759 e. The van der Waals surface area contributed by atoms with E-state index in [9.17, 15) is 0 Å². The highest BCUT2D eigenvalue weighted by molar-refractivity contribution is 7.69. The molecule has 1 heterocycles. The van der Waals surface area contributed by atoms with E-state index >= 15 is 0 Å². The van der Waals surface area contributed by atoms with Crippen molar-refractivity contribution >= 4 is 71.6 Å². The molecule has 0 aliphatic carbocycles. The zero-order chi connectivity index (χ0) is 20.1. The van der Waals surface area contributed by atoms with Crippen LogP contribution in [0.2, 0.25) is 0 Å². The van der Waals surface area contributed by atoms with Gasteiger partial charge in [0.05, 0.1) is 0 Å². The number of fused-ring (bicyclic) bond motifs is 7. The van der Waals surface area contributed by atoms with Gasteiger partial charge in [0.1, 0.15) is 0 Å². The molecule has 0 amide bonds. The van der Waals surface area contributed by atoms with Gasteiger partial charge < -0.3 is 0 Å². The molecule has 1 aromatic heterocycles. The van der Waals surface area contributed by atoms with Crippen molar-refractivity contribution < 1.29 is 0 Å². The Kier molecular flexibility index (Phi) is 2.89. The Morgan fingerprint density at radius 3 is 1.29 bits per heavy atom. The molecule has 0 aliphatic rings. The first-order valence-electron chi connectivity index (χ1n) is 10.8. The molecule has 142 valence electrons. The average molecular weight is 408 g/mol. The molecule has 0 fully saturated rings. The highest BCUT2D eigenvalue weighted by Gasteiger charge is 2.25. The van der Waals surface area contributed by atoms with Crippen LogP contribution in [-0.2, 0) is 0 Å². The van der Waals surface area contributed by atoms with Crippen LogP contribution in [0.1, 0.15) is 0 Å². The second-order valence-corrected chi connectivity index (χ2v) is 10.6. The van der Waals surface area contributed by atoms with Crippen molar-refractivity contribution in [3.05, 3.63) is 103 Å². The van der Waals surface area contributed by atoms with Crippen LogP contribution in [0.3, 0.4) is 0 Å². The highest BCUT2D eigenvalue weighted by Crippen LogP contribution is 2.63. The van der Waals surface area contributed by atoms with Gasteiger partial charge in [-0.3, -0.25) is 0 Å². The SMILES string of the molecule is c1ccc(-p2c3c4cccc5cccc(c54)c3c3c4cccc5cccc(c54)c32)cc1. The molecule has 0 saturated heterocycles. The third-order valence-corrected chi connectivity index (χ3v) is 9.68. The fraction of sp³-hybridized carbons (Fsp3) is 0. The van der Waals surface area contributed by atoms with Crippen molar-refractivity contribution in [2.45, 2.75) is 0 Å². The topological polar surface area (TPSA) is 0 Å². The van der Waals surface area contributed by atoms with Gasteiger partial charge in [0, 0.05) is 21.0 Å². The van der Waals surface area contributed by atoms with Crippen LogP contribution < -0.4 is 0 Å². The maximum Gasteiger partial charge on any atom is 0.0154 e. The van der Waals surface area contributed by atoms with Crippen LogP contribution in [0.5, 0.6) is 0 Å². The van der Waals surface area contributed by atoms with Crippen molar-refractivity contribution in [1.29, 1.82) is 0 Å². The third-order valence-electron chi connectivity index (χ3n) is 7.04. The fourth-order valence-corrected chi connectivity index (χ4v) is 8.91. The molecule has 1 heteroatoms. The minimum atomic E-state index is -0.606. The molecule has 0 bridgehead atoms. The van der Waals surface area contributed by atoms with E-state index in [1.807, 2.05) is 0 Å². The first-order chi connectivity index (χ1) is 15.4. The van der Waals surface area contributed by atoms with Gasteiger partial charge in [-0.15, -0.1) is 0 Å². The average Bonchev–Trinajstić information content (AvgIpc) is 3.44. The van der Waals surface area contributed by atoms with E-state index in [2.05, 4.69) is 103 Å². The molecular formula is C30H17P. The van der Waals surface area contributed by atoms with E-state index in [0.717, 1.165) is 0 Å². The smallest absolute Gasteiger partial charge is 0.0154 e. The number of hydrogen-bond donors (Lipinski definition) is 0. The molecule has 0 radical (unpaired) electrons. The quantitative estimate of drug-likeness (QED) is 0.254. The first-order valence-corrected chi connectivity index (χ1v) is 12.1. The Morgan fingerprint density at radius 1 is 0.355 bits per heavy atom. The zero-order valence-electron chi connectivity index (χ0n) is 16.8. The lowest BCUT2D eigenvalue weighted by Gasteiger charge is -2.05. The van der Waals surface area contributed by atoms with Crippen molar-refractivity contribution in [3.63, 3.8) is 0 Å². The molecule has 0 aliphatic heterocycles. The van der Waals surface area contributed by atoms with Crippen LogP contribution in [0.25, 0.3) is 69.4 Å². The highest BCUT2D eigenvalue weighted by atomic mass is 31.1. The van der Waals surface area contributed by atoms with Crippen LogP contribution >= 0.6 is 7.53 Å². The molecule has 0 nitrogen and oxygen atoms in total. The summed E-state index contributed by atoms with van der Waals surface area (Å²) in [6, 6.07) is 38.5. The van der Waals surface area contributed by atoms with Gasteiger partial charge in [0.15, 0.2) is 0 Å². The van der Waals surface area contributed by atoms with Crippen LogP contribution in [0.15, 0.2) is 103 Å². The monoisotopic (exact) mass is 408 g/mol. The number of rotatable bonds is 1. The Hall–Kier alpha value is -3.60. The molecule has 0 saturated carbocycles. The van der Waals surface area contributed by atoms with E-state index in [-0.39, 0.29) is 0 Å². The van der Waals surface area contributed by atoms with Gasteiger partial charge in [0.25, 0.3) is 0 Å². The van der Waals surface area contributed by atoms with Crippen LogP contribution in [0, 0.1) is 0 Å². The predicted molar refractivity (Wildman–Crippen MR) is 138 cm³/mol. The molecule has 0 atom stereocenters. The molecule has 31 heavy (non-hydrogen) atoms. The molecule has 0 spiro atoms. The summed E-state index contributed by atoms with van der Waals surface area (Å²) < 4.78 is 0. The first kappa shape index (κ1) is 16.1. The zero-order valence-corrected chi connectivity index (χ0v) is 17.7. The maximum absolute atomic E-state index is 2.35. The van der Waals surface area contributed by atoms with E-state index < -0.39 is 7.53 Å². The number of benzene rings is 5. The molecule has 8 aromatic rings. The Labute approximate surface area is 180 Å². The normalized spacial score (nSPS) is 12.5. The summed E-state index contributed by atoms with van der Waals surface area (Å²) in [4.78, 5) is 0. The summed E-state index contributed by atoms with van der Waals surface area (Å²) in [7, 11) is -0.606. The van der Waals surface area contributed by atoms with E-state index in [1.165, 1.54) is 59.2 Å². The molecule has 0 N–H and O–H groups in total. The second kappa shape index (κ2) is 5.55. The number of hydrogen-bond acceptors (Lipinski definition) is 0. The molecular weight excluding hydrogens is 391 g/mol. The predicted octanol–water partition coefficient (Wildman–Crippen LogP) is 9.46. The van der Waals surface area contributed by atoms with Gasteiger partial charge in [-0.05, 0) is 48.4 Å². The van der Waals surface area contributed by atoms with Crippen LogP contribution in [-0.4, -0.2) is 0 Å². The maximum atomic E-state index is 2.35. The summed E-state index contributed by atoms with van der Waals surface area (Å²) >= 11 is 0. The van der Waals surface area contributed by atoms with Gasteiger partial charge >= 0.3 is 0 Å². The van der Waals surface area contributed by atoms with Crippen molar-refractivity contribution in [3.8, 4) is 5.30 Å². The van der Waals surface area contributed by atoms with E-state index in [1.54, 1.807) is 10.2 Å².